The molecule has 0 radical (unpaired) electrons. The second-order valence-corrected chi connectivity index (χ2v) is 9.85. The topological polar surface area (TPSA) is 141 Å². The lowest BCUT2D eigenvalue weighted by Crippen LogP contribution is -2.68. The highest BCUT2D eigenvalue weighted by atomic mass is 16.5. The number of amides is 1. The van der Waals surface area contributed by atoms with Crippen LogP contribution in [0.15, 0.2) is 12.1 Å². The first-order valence-electron chi connectivity index (χ1n) is 11.8. The molecule has 35 heavy (non-hydrogen) atoms. The van der Waals surface area contributed by atoms with E-state index in [0.717, 1.165) is 6.42 Å². The van der Waals surface area contributed by atoms with Crippen molar-refractivity contribution in [2.75, 3.05) is 44.5 Å². The Hall–Kier alpha value is -3.18. The van der Waals surface area contributed by atoms with Gasteiger partial charge in [0, 0.05) is 36.7 Å². The summed E-state index contributed by atoms with van der Waals surface area (Å²) in [6, 6.07) is 1.79. The molecule has 1 aromatic carbocycles. The third-order valence-electron chi connectivity index (χ3n) is 6.16. The number of ether oxygens (including phenoxy) is 3. The number of Topliss-reactive ketones (excluding diaryl/α,β-unsaturated/α-hetero) is 1. The van der Waals surface area contributed by atoms with E-state index < -0.39 is 23.7 Å². The largest absolute Gasteiger partial charge is 0.493 e. The Morgan fingerprint density at radius 2 is 1.91 bits per heavy atom. The van der Waals surface area contributed by atoms with Gasteiger partial charge in [0.25, 0.3) is 0 Å². The van der Waals surface area contributed by atoms with Crippen molar-refractivity contribution in [3.63, 3.8) is 0 Å². The van der Waals surface area contributed by atoms with Crippen LogP contribution in [0.25, 0.3) is 10.9 Å². The summed E-state index contributed by atoms with van der Waals surface area (Å²) in [6.45, 7) is 7.10. The van der Waals surface area contributed by atoms with Crippen LogP contribution in [-0.4, -0.2) is 79.3 Å². The molecule has 3 atom stereocenters. The van der Waals surface area contributed by atoms with Gasteiger partial charge in [0.15, 0.2) is 17.3 Å². The van der Waals surface area contributed by atoms with E-state index >= 15 is 0 Å². The van der Waals surface area contributed by atoms with E-state index in [2.05, 4.69) is 15.6 Å². The van der Waals surface area contributed by atoms with E-state index in [1.807, 2.05) is 20.8 Å². The standard InChI is InChI=1S/C24H34N6O5/c1-24(2,3)29-22(32)18-19(20(31)15-7-6-10-35-15)30(9-8-26-18)23-27-14-12-17(34-5)16(33-4)11-13(14)21(25)28-23/h11-12,15,18-19,26H,6-10H2,1-5H3,(H,29,32)(H2,25,27,28). The van der Waals surface area contributed by atoms with E-state index in [4.69, 9.17) is 24.9 Å². The van der Waals surface area contributed by atoms with Gasteiger partial charge in [-0.15, -0.1) is 0 Å². The van der Waals surface area contributed by atoms with Gasteiger partial charge in [-0.25, -0.2) is 4.98 Å². The van der Waals surface area contributed by atoms with Gasteiger partial charge in [0.2, 0.25) is 11.9 Å². The zero-order valence-electron chi connectivity index (χ0n) is 20.9. The van der Waals surface area contributed by atoms with Crippen molar-refractivity contribution in [3.8, 4) is 11.5 Å². The van der Waals surface area contributed by atoms with Crippen LogP contribution < -0.4 is 30.7 Å². The van der Waals surface area contributed by atoms with Gasteiger partial charge < -0.3 is 35.5 Å². The molecule has 0 saturated carbocycles. The zero-order chi connectivity index (χ0) is 25.3. The van der Waals surface area contributed by atoms with E-state index in [1.54, 1.807) is 31.3 Å². The second-order valence-electron chi connectivity index (χ2n) is 9.85. The lowest BCUT2D eigenvalue weighted by atomic mass is 9.93. The number of methoxy groups -OCH3 is 2. The highest BCUT2D eigenvalue weighted by Gasteiger charge is 2.45. The fourth-order valence-corrected chi connectivity index (χ4v) is 4.58. The number of aromatic nitrogens is 2. The van der Waals surface area contributed by atoms with E-state index in [-0.39, 0.29) is 23.5 Å². The van der Waals surface area contributed by atoms with E-state index in [9.17, 15) is 9.59 Å². The monoisotopic (exact) mass is 486 g/mol. The molecule has 3 heterocycles. The number of nitrogens with zero attached hydrogens (tertiary/aromatic N) is 3. The van der Waals surface area contributed by atoms with Crippen molar-refractivity contribution in [2.45, 2.75) is 57.3 Å². The molecule has 190 valence electrons. The number of nitrogens with one attached hydrogen (secondary N) is 2. The van der Waals surface area contributed by atoms with E-state index in [0.29, 0.717) is 48.5 Å². The predicted molar refractivity (Wildman–Crippen MR) is 132 cm³/mol. The van der Waals surface area contributed by atoms with Crippen LogP contribution in [0.1, 0.15) is 33.6 Å². The minimum atomic E-state index is -0.855. The zero-order valence-corrected chi connectivity index (χ0v) is 20.9. The van der Waals surface area contributed by atoms with Crippen LogP contribution in [0.3, 0.4) is 0 Å². The maximum Gasteiger partial charge on any atom is 0.240 e. The molecule has 2 aliphatic heterocycles. The molecule has 2 aromatic rings. The molecule has 4 N–H and O–H groups in total. The SMILES string of the molecule is COc1cc2nc(N3CCNC(C(=O)NC(C)(C)C)C3C(=O)C3CCCO3)nc(N)c2cc1OC. The number of carbonyl (C=O) groups excluding carboxylic acids is 2. The maximum atomic E-state index is 13.7. The average Bonchev–Trinajstić information content (AvgIpc) is 3.36. The number of rotatable bonds is 6. The van der Waals surface area contributed by atoms with Crippen LogP contribution in [-0.2, 0) is 14.3 Å². The summed E-state index contributed by atoms with van der Waals surface area (Å²) in [4.78, 5) is 38.0. The van der Waals surface area contributed by atoms with Gasteiger partial charge in [-0.3, -0.25) is 9.59 Å². The van der Waals surface area contributed by atoms with Crippen LogP contribution in [0.4, 0.5) is 11.8 Å². The summed E-state index contributed by atoms with van der Waals surface area (Å²) >= 11 is 0. The molecular formula is C24H34N6O5. The second kappa shape index (κ2) is 9.82. The molecule has 4 rings (SSSR count). The molecule has 1 amide bonds. The summed E-state index contributed by atoms with van der Waals surface area (Å²) in [5.74, 6) is 1.09. The number of hydrogen-bond acceptors (Lipinski definition) is 10. The molecule has 1 aromatic heterocycles. The summed E-state index contributed by atoms with van der Waals surface area (Å²) in [6.07, 6.45) is 0.847. The van der Waals surface area contributed by atoms with Gasteiger partial charge in [0.05, 0.1) is 19.7 Å². The molecule has 11 nitrogen and oxygen atoms in total. The lowest BCUT2D eigenvalue weighted by molar-refractivity contribution is -0.135. The number of anilines is 2. The first kappa shape index (κ1) is 24.9. The number of hydrogen-bond donors (Lipinski definition) is 3. The molecule has 11 heteroatoms. The minimum absolute atomic E-state index is 0.168. The summed E-state index contributed by atoms with van der Waals surface area (Å²) in [5, 5.41) is 6.82. The van der Waals surface area contributed by atoms with Crippen molar-refractivity contribution in [2.24, 2.45) is 0 Å². The van der Waals surface area contributed by atoms with Gasteiger partial charge in [-0.1, -0.05) is 0 Å². The smallest absolute Gasteiger partial charge is 0.240 e. The Balaban J connectivity index is 1.77. The fourth-order valence-electron chi connectivity index (χ4n) is 4.58. The molecule has 3 unspecified atom stereocenters. The number of nitrogen functional groups attached to an aromatic ring is 1. The number of piperazine rings is 1. The first-order valence-corrected chi connectivity index (χ1v) is 11.8. The summed E-state index contributed by atoms with van der Waals surface area (Å²) < 4.78 is 16.5. The van der Waals surface area contributed by atoms with E-state index in [1.165, 1.54) is 0 Å². The highest BCUT2D eigenvalue weighted by molar-refractivity contribution is 5.99. The number of benzene rings is 1. The highest BCUT2D eigenvalue weighted by Crippen LogP contribution is 2.35. The van der Waals surface area contributed by atoms with Crippen molar-refractivity contribution in [3.05, 3.63) is 12.1 Å². The molecule has 2 saturated heterocycles. The van der Waals surface area contributed by atoms with Crippen LogP contribution in [0.5, 0.6) is 11.5 Å². The van der Waals surface area contributed by atoms with Crippen molar-refractivity contribution in [1.82, 2.24) is 20.6 Å². The van der Waals surface area contributed by atoms with Gasteiger partial charge >= 0.3 is 0 Å². The van der Waals surface area contributed by atoms with Crippen LogP contribution in [0.2, 0.25) is 0 Å². The Kier molecular flexibility index (Phi) is 7.00. The lowest BCUT2D eigenvalue weighted by Gasteiger charge is -2.41. The Morgan fingerprint density at radius 3 is 2.54 bits per heavy atom. The molecular weight excluding hydrogens is 452 g/mol. The van der Waals surface area contributed by atoms with Gasteiger partial charge in [-0.05, 0) is 39.7 Å². The molecule has 0 spiro atoms. The Labute approximate surface area is 204 Å². The molecule has 2 aliphatic rings. The quantitative estimate of drug-likeness (QED) is 0.542. The fraction of sp³-hybridized carbons (Fsp3) is 0.583. The third kappa shape index (κ3) is 5.10. The van der Waals surface area contributed by atoms with Crippen molar-refractivity contribution in [1.29, 1.82) is 0 Å². The van der Waals surface area contributed by atoms with Crippen LogP contribution in [0, 0.1) is 0 Å². The maximum absolute atomic E-state index is 13.7. The Bertz CT molecular complexity index is 1110. The van der Waals surface area contributed by atoms with Crippen molar-refractivity contribution < 1.29 is 23.8 Å². The molecule has 2 fully saturated rings. The molecule has 0 aliphatic carbocycles. The van der Waals surface area contributed by atoms with Gasteiger partial charge in [-0.2, -0.15) is 4.98 Å². The third-order valence-corrected chi connectivity index (χ3v) is 6.16. The number of carbonyl (C=O) groups is 2. The minimum Gasteiger partial charge on any atom is -0.493 e. The van der Waals surface area contributed by atoms with Crippen LogP contribution >= 0.6 is 0 Å². The number of nitrogens with two attached hydrogens (primary N) is 1. The predicted octanol–water partition coefficient (Wildman–Crippen LogP) is 1.04. The van der Waals surface area contributed by atoms with Gasteiger partial charge in [0.1, 0.15) is 24.0 Å². The molecule has 0 bridgehead atoms. The Morgan fingerprint density at radius 1 is 1.20 bits per heavy atom. The van der Waals surface area contributed by atoms with Crippen molar-refractivity contribution >= 4 is 34.4 Å². The number of fused-ring (bicyclic) bond motifs is 1. The summed E-state index contributed by atoms with van der Waals surface area (Å²) in [5.41, 5.74) is 6.41. The first-order chi connectivity index (χ1) is 16.6. The normalized spacial score (nSPS) is 22.8. The number of ketones is 1. The average molecular weight is 487 g/mol. The summed E-state index contributed by atoms with van der Waals surface area (Å²) in [7, 11) is 3.08.